The zero-order chi connectivity index (χ0) is 20.8. The Balaban J connectivity index is 1.43. The Labute approximate surface area is 178 Å². The van der Waals surface area contributed by atoms with Crippen LogP contribution in [-0.4, -0.2) is 79.7 Å². The van der Waals surface area contributed by atoms with Crippen molar-refractivity contribution in [2.45, 2.75) is 44.1 Å². The van der Waals surface area contributed by atoms with Crippen LogP contribution in [0.15, 0.2) is 24.3 Å². The quantitative estimate of drug-likeness (QED) is 0.795. The normalized spacial score (nSPS) is 26.3. The molecule has 2 saturated heterocycles. The Kier molecular flexibility index (Phi) is 6.89. The molecule has 0 aromatic heterocycles. The highest BCUT2D eigenvalue weighted by Crippen LogP contribution is 2.28. The molecule has 30 heavy (non-hydrogen) atoms. The molecule has 4 rings (SSSR count). The summed E-state index contributed by atoms with van der Waals surface area (Å²) in [6.45, 7) is 4.55. The number of benzene rings is 1. The fourth-order valence-corrected chi connectivity index (χ4v) is 4.70. The maximum absolute atomic E-state index is 13.1. The van der Waals surface area contributed by atoms with Gasteiger partial charge in [0.05, 0.1) is 26.2 Å². The number of carbonyl (C=O) groups is 2. The van der Waals surface area contributed by atoms with Crippen LogP contribution in [0.5, 0.6) is 5.75 Å². The molecule has 1 spiro atoms. The van der Waals surface area contributed by atoms with Crippen molar-refractivity contribution in [2.75, 3.05) is 52.5 Å². The van der Waals surface area contributed by atoms with E-state index in [2.05, 4.69) is 16.3 Å². The van der Waals surface area contributed by atoms with Crippen molar-refractivity contribution in [1.29, 1.82) is 0 Å². The Morgan fingerprint density at radius 3 is 2.77 bits per heavy atom. The average Bonchev–Trinajstić information content (AvgIpc) is 3.27. The van der Waals surface area contributed by atoms with Crippen molar-refractivity contribution in [3.63, 3.8) is 0 Å². The second-order valence-corrected chi connectivity index (χ2v) is 8.56. The molecule has 3 aliphatic rings. The number of morpholine rings is 1. The molecule has 7 heteroatoms. The number of hydrogen-bond acceptors (Lipinski definition) is 5. The van der Waals surface area contributed by atoms with Gasteiger partial charge in [0.2, 0.25) is 5.91 Å². The van der Waals surface area contributed by atoms with Gasteiger partial charge in [-0.2, -0.15) is 0 Å². The standard InChI is InChI=1S/C23H33N3O4/c27-21(17-25-12-5-6-13-25)26-14-16-30-23(18-26)10-4-3-8-19-7-1-2-9-20(19)29-15-11-24-22(23)28/h1-2,7,9H,3-6,8,10-18H2,(H,24,28). The van der Waals surface area contributed by atoms with Gasteiger partial charge in [0, 0.05) is 6.54 Å². The van der Waals surface area contributed by atoms with Gasteiger partial charge in [-0.1, -0.05) is 18.2 Å². The lowest BCUT2D eigenvalue weighted by atomic mass is 9.91. The molecule has 0 aliphatic carbocycles. The highest BCUT2D eigenvalue weighted by Gasteiger charge is 2.44. The van der Waals surface area contributed by atoms with E-state index in [0.717, 1.165) is 50.9 Å². The molecule has 1 atom stereocenters. The summed E-state index contributed by atoms with van der Waals surface area (Å²) < 4.78 is 12.0. The number of nitrogens with one attached hydrogen (secondary N) is 1. The first-order valence-corrected chi connectivity index (χ1v) is 11.3. The molecule has 0 bridgehead atoms. The SMILES string of the molecule is O=C(CN1CCCC1)N1CCOC2(CCCCc3ccccc3OCCNC2=O)C1. The van der Waals surface area contributed by atoms with Gasteiger partial charge >= 0.3 is 0 Å². The van der Waals surface area contributed by atoms with E-state index in [1.165, 1.54) is 5.56 Å². The fourth-order valence-electron chi connectivity index (χ4n) is 4.70. The molecule has 1 unspecified atom stereocenters. The minimum atomic E-state index is -0.961. The van der Waals surface area contributed by atoms with Crippen molar-refractivity contribution in [3.05, 3.63) is 29.8 Å². The van der Waals surface area contributed by atoms with Crippen molar-refractivity contribution in [1.82, 2.24) is 15.1 Å². The van der Waals surface area contributed by atoms with Crippen molar-refractivity contribution >= 4 is 11.8 Å². The van der Waals surface area contributed by atoms with Gasteiger partial charge in [0.25, 0.3) is 5.91 Å². The molecule has 1 aromatic rings. The van der Waals surface area contributed by atoms with Gasteiger partial charge in [0.15, 0.2) is 5.60 Å². The van der Waals surface area contributed by atoms with Crippen LogP contribution >= 0.6 is 0 Å². The number of fused-ring (bicyclic) bond motifs is 1. The zero-order valence-corrected chi connectivity index (χ0v) is 17.7. The van der Waals surface area contributed by atoms with E-state index in [4.69, 9.17) is 9.47 Å². The van der Waals surface area contributed by atoms with Crippen LogP contribution in [0.25, 0.3) is 0 Å². The van der Waals surface area contributed by atoms with Gasteiger partial charge in [-0.15, -0.1) is 0 Å². The molecular formula is C23H33N3O4. The van der Waals surface area contributed by atoms with Gasteiger partial charge in [-0.25, -0.2) is 0 Å². The molecular weight excluding hydrogens is 382 g/mol. The monoisotopic (exact) mass is 415 g/mol. The van der Waals surface area contributed by atoms with Gasteiger partial charge < -0.3 is 19.7 Å². The Morgan fingerprint density at radius 2 is 1.90 bits per heavy atom. The van der Waals surface area contributed by atoms with Crippen LogP contribution in [0.3, 0.4) is 0 Å². The van der Waals surface area contributed by atoms with Crippen LogP contribution < -0.4 is 10.1 Å². The molecule has 2 amide bonds. The predicted molar refractivity (Wildman–Crippen MR) is 113 cm³/mol. The fraction of sp³-hybridized carbons (Fsp3) is 0.652. The summed E-state index contributed by atoms with van der Waals surface area (Å²) in [5.74, 6) is 0.879. The van der Waals surface area contributed by atoms with Gasteiger partial charge in [-0.05, 0) is 63.2 Å². The lowest BCUT2D eigenvalue weighted by molar-refractivity contribution is -0.168. The van der Waals surface area contributed by atoms with E-state index in [-0.39, 0.29) is 11.8 Å². The molecule has 1 aromatic carbocycles. The summed E-state index contributed by atoms with van der Waals surface area (Å²) in [7, 11) is 0. The van der Waals surface area contributed by atoms with Crippen LogP contribution in [0.2, 0.25) is 0 Å². The van der Waals surface area contributed by atoms with E-state index in [0.29, 0.717) is 45.8 Å². The second kappa shape index (κ2) is 9.79. The maximum Gasteiger partial charge on any atom is 0.254 e. The third-order valence-corrected chi connectivity index (χ3v) is 6.40. The van der Waals surface area contributed by atoms with E-state index < -0.39 is 5.60 Å². The predicted octanol–water partition coefficient (Wildman–Crippen LogP) is 1.60. The highest BCUT2D eigenvalue weighted by molar-refractivity contribution is 5.87. The first kappa shape index (κ1) is 21.1. The first-order valence-electron chi connectivity index (χ1n) is 11.3. The molecule has 2 fully saturated rings. The summed E-state index contributed by atoms with van der Waals surface area (Å²) in [5, 5.41) is 2.99. The largest absolute Gasteiger partial charge is 0.491 e. The summed E-state index contributed by atoms with van der Waals surface area (Å²) in [6, 6.07) is 8.09. The van der Waals surface area contributed by atoms with Crippen LogP contribution in [0, 0.1) is 0 Å². The number of aryl methyl sites for hydroxylation is 1. The second-order valence-electron chi connectivity index (χ2n) is 8.56. The highest BCUT2D eigenvalue weighted by atomic mass is 16.5. The molecule has 164 valence electrons. The Morgan fingerprint density at radius 1 is 1.07 bits per heavy atom. The average molecular weight is 416 g/mol. The van der Waals surface area contributed by atoms with Crippen molar-refractivity contribution < 1.29 is 19.1 Å². The number of nitrogens with zero attached hydrogens (tertiary/aromatic N) is 2. The number of ether oxygens (including phenoxy) is 2. The number of amides is 2. The molecule has 3 heterocycles. The number of para-hydroxylation sites is 1. The zero-order valence-electron chi connectivity index (χ0n) is 17.7. The molecule has 0 radical (unpaired) electrons. The first-order chi connectivity index (χ1) is 14.7. The summed E-state index contributed by atoms with van der Waals surface area (Å²) >= 11 is 0. The molecule has 1 N–H and O–H groups in total. The van der Waals surface area contributed by atoms with E-state index in [1.54, 1.807) is 0 Å². The summed E-state index contributed by atoms with van der Waals surface area (Å²) in [5.41, 5.74) is 0.239. The third-order valence-electron chi connectivity index (χ3n) is 6.40. The van der Waals surface area contributed by atoms with Crippen LogP contribution in [0.4, 0.5) is 0 Å². The van der Waals surface area contributed by atoms with E-state index in [9.17, 15) is 9.59 Å². The maximum atomic E-state index is 13.1. The lowest BCUT2D eigenvalue weighted by Crippen LogP contribution is -2.62. The lowest BCUT2D eigenvalue weighted by Gasteiger charge is -2.42. The number of carbonyl (C=O) groups excluding carboxylic acids is 2. The Hall–Kier alpha value is -2.12. The number of rotatable bonds is 2. The van der Waals surface area contributed by atoms with E-state index in [1.807, 2.05) is 23.1 Å². The smallest absolute Gasteiger partial charge is 0.254 e. The van der Waals surface area contributed by atoms with Gasteiger partial charge in [-0.3, -0.25) is 14.5 Å². The summed E-state index contributed by atoms with van der Waals surface area (Å²) in [6.07, 6.45) is 5.65. The van der Waals surface area contributed by atoms with Crippen LogP contribution in [0.1, 0.15) is 37.7 Å². The molecule has 3 aliphatic heterocycles. The number of likely N-dealkylation sites (tertiary alicyclic amines) is 1. The third kappa shape index (κ3) is 4.95. The van der Waals surface area contributed by atoms with Gasteiger partial charge in [0.1, 0.15) is 12.4 Å². The molecule has 0 saturated carbocycles. The minimum Gasteiger partial charge on any atom is -0.491 e. The minimum absolute atomic E-state index is 0.107. The summed E-state index contributed by atoms with van der Waals surface area (Å²) in [4.78, 5) is 30.0. The molecule has 7 nitrogen and oxygen atoms in total. The van der Waals surface area contributed by atoms with Crippen molar-refractivity contribution in [2.24, 2.45) is 0 Å². The topological polar surface area (TPSA) is 71.1 Å². The Bertz CT molecular complexity index is 750. The van der Waals surface area contributed by atoms with Crippen molar-refractivity contribution in [3.8, 4) is 5.75 Å². The number of hydrogen-bond donors (Lipinski definition) is 1. The van der Waals surface area contributed by atoms with Crippen LogP contribution in [-0.2, 0) is 20.7 Å². The van der Waals surface area contributed by atoms with E-state index >= 15 is 0 Å².